The van der Waals surface area contributed by atoms with Crippen LogP contribution in [0, 0.1) is 23.7 Å². The fourth-order valence-corrected chi connectivity index (χ4v) is 3.63. The molecule has 2 aliphatic carbocycles. The van der Waals surface area contributed by atoms with E-state index < -0.39 is 0 Å². The predicted octanol–water partition coefficient (Wildman–Crippen LogP) is 3.86. The van der Waals surface area contributed by atoms with Crippen LogP contribution in [-0.2, 0) is 11.3 Å². The molecule has 2 aliphatic rings. The topological polar surface area (TPSA) is 43.1 Å². The minimum atomic E-state index is 0.0255. The Labute approximate surface area is 122 Å². The molecule has 0 aromatic heterocycles. The molecule has 0 heterocycles. The van der Waals surface area contributed by atoms with Crippen LogP contribution in [0.3, 0.4) is 0 Å². The third-order valence-corrected chi connectivity index (χ3v) is 5.84. The summed E-state index contributed by atoms with van der Waals surface area (Å²) in [5.41, 5.74) is 8.19. The zero-order valence-electron chi connectivity index (χ0n) is 13.2. The molecule has 0 radical (unpaired) electrons. The van der Waals surface area contributed by atoms with Gasteiger partial charge in [-0.1, -0.05) is 50.6 Å². The van der Waals surface area contributed by atoms with Gasteiger partial charge in [0.05, 0.1) is 0 Å². The summed E-state index contributed by atoms with van der Waals surface area (Å²) in [7, 11) is 0. The highest BCUT2D eigenvalue weighted by Crippen LogP contribution is 2.63. The van der Waals surface area contributed by atoms with E-state index in [1.54, 1.807) is 0 Å². The Morgan fingerprint density at radius 1 is 1.20 bits per heavy atom. The molecule has 0 amide bonds. The Balaban J connectivity index is 0.000000151. The summed E-state index contributed by atoms with van der Waals surface area (Å²) >= 11 is 0. The van der Waals surface area contributed by atoms with Crippen molar-refractivity contribution in [1.29, 1.82) is 0 Å². The maximum absolute atomic E-state index is 11.6. The molecule has 20 heavy (non-hydrogen) atoms. The van der Waals surface area contributed by atoms with Crippen molar-refractivity contribution < 1.29 is 4.79 Å². The Kier molecular flexibility index (Phi) is 4.06. The highest BCUT2D eigenvalue weighted by molar-refractivity contribution is 5.89. The molecule has 1 aromatic rings. The van der Waals surface area contributed by atoms with Gasteiger partial charge >= 0.3 is 0 Å². The Morgan fingerprint density at radius 2 is 1.80 bits per heavy atom. The van der Waals surface area contributed by atoms with Crippen molar-refractivity contribution in [3.63, 3.8) is 0 Å². The minimum absolute atomic E-state index is 0.0255. The van der Waals surface area contributed by atoms with Gasteiger partial charge < -0.3 is 5.73 Å². The van der Waals surface area contributed by atoms with Crippen LogP contribution in [0.1, 0.15) is 51.2 Å². The molecule has 2 N–H and O–H groups in total. The number of hydrogen-bond donors (Lipinski definition) is 1. The number of carbonyl (C=O) groups is 1. The summed E-state index contributed by atoms with van der Waals surface area (Å²) in [5.74, 6) is 1.19. The van der Waals surface area contributed by atoms with Crippen molar-refractivity contribution in [3.8, 4) is 0 Å². The second-order valence-corrected chi connectivity index (χ2v) is 7.11. The van der Waals surface area contributed by atoms with Gasteiger partial charge in [-0.3, -0.25) is 4.79 Å². The van der Waals surface area contributed by atoms with E-state index in [0.29, 0.717) is 18.2 Å². The number of rotatable bonds is 1. The van der Waals surface area contributed by atoms with Crippen LogP contribution in [0.15, 0.2) is 24.3 Å². The van der Waals surface area contributed by atoms with Gasteiger partial charge in [-0.15, -0.1) is 0 Å². The third-order valence-electron chi connectivity index (χ3n) is 5.84. The molecule has 2 saturated carbocycles. The van der Waals surface area contributed by atoms with Gasteiger partial charge in [0, 0.05) is 18.4 Å². The molecule has 0 spiro atoms. The third kappa shape index (κ3) is 2.42. The van der Waals surface area contributed by atoms with Crippen LogP contribution >= 0.6 is 0 Å². The summed E-state index contributed by atoms with van der Waals surface area (Å²) in [4.78, 5) is 11.6. The van der Waals surface area contributed by atoms with Crippen molar-refractivity contribution >= 4 is 5.78 Å². The van der Waals surface area contributed by atoms with E-state index in [0.717, 1.165) is 12.8 Å². The lowest BCUT2D eigenvalue weighted by Crippen LogP contribution is -2.32. The number of fused-ring (bicyclic) bond motifs is 2. The summed E-state index contributed by atoms with van der Waals surface area (Å²) in [6, 6.07) is 8.25. The van der Waals surface area contributed by atoms with E-state index in [-0.39, 0.29) is 10.8 Å². The largest absolute Gasteiger partial charge is 0.326 e. The number of ketones is 1. The van der Waals surface area contributed by atoms with Crippen molar-refractivity contribution in [2.75, 3.05) is 0 Å². The number of aryl methyl sites for hydroxylation is 1. The van der Waals surface area contributed by atoms with Crippen LogP contribution < -0.4 is 5.73 Å². The van der Waals surface area contributed by atoms with Crippen molar-refractivity contribution in [2.24, 2.45) is 22.5 Å². The lowest BCUT2D eigenvalue weighted by atomic mass is 9.70. The SMILES string of the molecule is CC12CCC(CC1=O)C2(C)C.Cc1ccc(CN)cc1. The van der Waals surface area contributed by atoms with Crippen LogP contribution in [0.5, 0.6) is 0 Å². The molecule has 110 valence electrons. The zero-order chi connectivity index (χ0) is 15.0. The average molecular weight is 273 g/mol. The predicted molar refractivity (Wildman–Crippen MR) is 83.3 cm³/mol. The highest BCUT2D eigenvalue weighted by atomic mass is 16.1. The summed E-state index contributed by atoms with van der Waals surface area (Å²) in [5, 5.41) is 0. The first-order valence-electron chi connectivity index (χ1n) is 7.60. The van der Waals surface area contributed by atoms with E-state index in [4.69, 9.17) is 5.73 Å². The van der Waals surface area contributed by atoms with Gasteiger partial charge in [-0.25, -0.2) is 0 Å². The number of hydrogen-bond acceptors (Lipinski definition) is 2. The molecule has 2 heteroatoms. The van der Waals surface area contributed by atoms with E-state index >= 15 is 0 Å². The molecule has 1 aromatic carbocycles. The second-order valence-electron chi connectivity index (χ2n) is 7.11. The van der Waals surface area contributed by atoms with Gasteiger partial charge in [-0.05, 0) is 36.7 Å². The molecular weight excluding hydrogens is 246 g/mol. The van der Waals surface area contributed by atoms with Crippen molar-refractivity contribution in [3.05, 3.63) is 35.4 Å². The first kappa shape index (κ1) is 15.2. The molecule has 2 bridgehead atoms. The normalized spacial score (nSPS) is 30.1. The monoisotopic (exact) mass is 273 g/mol. The van der Waals surface area contributed by atoms with E-state index in [2.05, 4.69) is 52.0 Å². The Morgan fingerprint density at radius 3 is 2.10 bits per heavy atom. The zero-order valence-corrected chi connectivity index (χ0v) is 13.2. The first-order chi connectivity index (χ1) is 9.31. The number of carbonyl (C=O) groups excluding carboxylic acids is 1. The fraction of sp³-hybridized carbons (Fsp3) is 0.611. The number of nitrogens with two attached hydrogens (primary N) is 1. The Bertz CT molecular complexity index is 489. The van der Waals surface area contributed by atoms with Gasteiger partial charge in [0.25, 0.3) is 0 Å². The van der Waals surface area contributed by atoms with Crippen molar-refractivity contribution in [1.82, 2.24) is 0 Å². The van der Waals surface area contributed by atoms with E-state index in [1.165, 1.54) is 17.5 Å². The lowest BCUT2D eigenvalue weighted by Gasteiger charge is -2.32. The lowest BCUT2D eigenvalue weighted by molar-refractivity contribution is -0.128. The number of benzene rings is 1. The van der Waals surface area contributed by atoms with Crippen LogP contribution in [0.25, 0.3) is 0 Å². The molecule has 0 saturated heterocycles. The summed E-state index contributed by atoms with van der Waals surface area (Å²) < 4.78 is 0. The van der Waals surface area contributed by atoms with E-state index in [1.807, 2.05) is 0 Å². The molecular formula is C18H27NO. The first-order valence-corrected chi connectivity index (χ1v) is 7.60. The number of Topliss-reactive ketones (excluding diaryl/α,β-unsaturated/α-hetero) is 1. The maximum atomic E-state index is 11.6. The second kappa shape index (κ2) is 5.33. The average Bonchev–Trinajstić information content (AvgIpc) is 2.73. The Hall–Kier alpha value is -1.15. The standard InChI is InChI=1S/C10H16O.C8H11N/c1-9(2)7-4-5-10(9,3)8(11)6-7;1-7-2-4-8(6-9)5-3-7/h7H,4-6H2,1-3H3;2-5H,6,9H2,1H3. The smallest absolute Gasteiger partial charge is 0.139 e. The molecule has 0 aliphatic heterocycles. The van der Waals surface area contributed by atoms with Crippen LogP contribution in [-0.4, -0.2) is 5.78 Å². The van der Waals surface area contributed by atoms with Gasteiger partial charge in [0.2, 0.25) is 0 Å². The van der Waals surface area contributed by atoms with Gasteiger partial charge in [-0.2, -0.15) is 0 Å². The minimum Gasteiger partial charge on any atom is -0.326 e. The molecule has 2 nitrogen and oxygen atoms in total. The van der Waals surface area contributed by atoms with Gasteiger partial charge in [0.15, 0.2) is 0 Å². The van der Waals surface area contributed by atoms with Gasteiger partial charge in [0.1, 0.15) is 5.78 Å². The van der Waals surface area contributed by atoms with Crippen LogP contribution in [0.2, 0.25) is 0 Å². The van der Waals surface area contributed by atoms with Crippen molar-refractivity contribution in [2.45, 2.75) is 53.5 Å². The quantitative estimate of drug-likeness (QED) is 0.844. The molecule has 2 unspecified atom stereocenters. The van der Waals surface area contributed by atoms with Crippen LogP contribution in [0.4, 0.5) is 0 Å². The molecule has 2 fully saturated rings. The maximum Gasteiger partial charge on any atom is 0.139 e. The fourth-order valence-electron chi connectivity index (χ4n) is 3.63. The highest BCUT2D eigenvalue weighted by Gasteiger charge is 2.61. The summed E-state index contributed by atoms with van der Waals surface area (Å²) in [6.07, 6.45) is 3.25. The molecule has 2 atom stereocenters. The summed E-state index contributed by atoms with van der Waals surface area (Å²) in [6.45, 7) is 9.38. The molecule has 3 rings (SSSR count). The van der Waals surface area contributed by atoms with E-state index in [9.17, 15) is 4.79 Å².